The predicted molar refractivity (Wildman–Crippen MR) is 219 cm³/mol. The molecule has 240 valence electrons. The molecule has 10 rings (SSSR count). The van der Waals surface area contributed by atoms with Gasteiger partial charge in [-0.2, -0.15) is 0 Å². The second-order valence-corrected chi connectivity index (χ2v) is 13.9. The average molecular weight is 716 g/mol. The molecule has 2 heterocycles. The summed E-state index contributed by atoms with van der Waals surface area (Å²) in [4.78, 5) is 0. The summed E-state index contributed by atoms with van der Waals surface area (Å²) in [6, 6.07) is 68.3. The van der Waals surface area contributed by atoms with Gasteiger partial charge in [-0.3, -0.25) is 0 Å². The minimum atomic E-state index is 1.08. The van der Waals surface area contributed by atoms with Gasteiger partial charge in [-0.05, 0) is 70.8 Å². The van der Waals surface area contributed by atoms with Gasteiger partial charge in [-0.25, -0.2) is 0 Å². The summed E-state index contributed by atoms with van der Waals surface area (Å²) in [6.45, 7) is 0. The maximum Gasteiger partial charge on any atom is 0.0620 e. The first-order valence-corrected chi connectivity index (χ1v) is 18.1. The van der Waals surface area contributed by atoms with Crippen molar-refractivity contribution in [1.29, 1.82) is 0 Å². The van der Waals surface area contributed by atoms with Crippen molar-refractivity contribution in [3.63, 3.8) is 0 Å². The lowest BCUT2D eigenvalue weighted by molar-refractivity contribution is 1.15. The molecule has 0 spiro atoms. The molecule has 0 aliphatic carbocycles. The summed E-state index contributed by atoms with van der Waals surface area (Å²) in [6.07, 6.45) is 0. The summed E-state index contributed by atoms with van der Waals surface area (Å²) in [7, 11) is 0. The van der Waals surface area contributed by atoms with Gasteiger partial charge in [0.15, 0.2) is 0 Å². The van der Waals surface area contributed by atoms with E-state index in [0.717, 1.165) is 32.5 Å². The molecule has 2 aromatic heterocycles. The van der Waals surface area contributed by atoms with E-state index in [9.17, 15) is 0 Å². The summed E-state index contributed by atoms with van der Waals surface area (Å²) in [5, 5.41) is 4.98. The molecule has 0 radical (unpaired) electrons. The zero-order chi connectivity index (χ0) is 33.9. The van der Waals surface area contributed by atoms with Gasteiger partial charge in [0.05, 0.1) is 27.8 Å². The number of rotatable bonds is 5. The standard InChI is InChI=1S/C48H31BrN2/c49-43-24-9-4-19-36(43)33-17-14-18-34(29-33)42-31-35(50-44-25-10-5-20-37(44)38-21-6-11-26-45(38)50)30-41(32-15-2-1-3-16-32)48(42)51-46-27-12-7-22-39(46)40-23-8-13-28-47(40)51/h1-31H. The largest absolute Gasteiger partial charge is 0.309 e. The lowest BCUT2D eigenvalue weighted by Gasteiger charge is -2.22. The molecule has 0 aliphatic rings. The number of benzene rings is 8. The molecule has 0 N–H and O–H groups in total. The minimum Gasteiger partial charge on any atom is -0.309 e. The predicted octanol–water partition coefficient (Wildman–Crippen LogP) is 13.6. The zero-order valence-electron chi connectivity index (χ0n) is 27.7. The molecule has 0 unspecified atom stereocenters. The lowest BCUT2D eigenvalue weighted by atomic mass is 9.92. The van der Waals surface area contributed by atoms with Crippen molar-refractivity contribution < 1.29 is 0 Å². The van der Waals surface area contributed by atoms with Crippen LogP contribution in [0.2, 0.25) is 0 Å². The Hall–Kier alpha value is -6.16. The molecule has 2 nitrogen and oxygen atoms in total. The van der Waals surface area contributed by atoms with E-state index in [-0.39, 0.29) is 0 Å². The van der Waals surface area contributed by atoms with E-state index in [4.69, 9.17) is 0 Å². The van der Waals surface area contributed by atoms with Gasteiger partial charge in [0, 0.05) is 42.8 Å². The van der Waals surface area contributed by atoms with Gasteiger partial charge >= 0.3 is 0 Å². The average Bonchev–Trinajstić information content (AvgIpc) is 3.71. The number of hydrogen-bond donors (Lipinski definition) is 0. The molecular formula is C48H31BrN2. The van der Waals surface area contributed by atoms with Crippen LogP contribution in [0.3, 0.4) is 0 Å². The minimum absolute atomic E-state index is 1.08. The van der Waals surface area contributed by atoms with Gasteiger partial charge in [-0.1, -0.05) is 155 Å². The van der Waals surface area contributed by atoms with E-state index in [1.54, 1.807) is 0 Å². The summed E-state index contributed by atoms with van der Waals surface area (Å²) in [5.41, 5.74) is 14.0. The van der Waals surface area contributed by atoms with Crippen LogP contribution in [0.25, 0.3) is 88.4 Å². The Kier molecular flexibility index (Phi) is 7.00. The fourth-order valence-corrected chi connectivity index (χ4v) is 8.47. The number of halogens is 1. The van der Waals surface area contributed by atoms with E-state index in [2.05, 4.69) is 213 Å². The third-order valence-electron chi connectivity index (χ3n) is 10.2. The Morgan fingerprint density at radius 2 is 0.725 bits per heavy atom. The number of nitrogens with zero attached hydrogens (tertiary/aromatic N) is 2. The monoisotopic (exact) mass is 714 g/mol. The first-order valence-electron chi connectivity index (χ1n) is 17.3. The van der Waals surface area contributed by atoms with Crippen LogP contribution < -0.4 is 0 Å². The van der Waals surface area contributed by atoms with Crippen LogP contribution in [0.15, 0.2) is 193 Å². The number of hydrogen-bond acceptors (Lipinski definition) is 0. The molecule has 0 aliphatic heterocycles. The van der Waals surface area contributed by atoms with E-state index in [1.807, 2.05) is 0 Å². The Morgan fingerprint density at radius 1 is 0.314 bits per heavy atom. The first-order chi connectivity index (χ1) is 25.2. The molecule has 10 aromatic rings. The quantitative estimate of drug-likeness (QED) is 0.168. The smallest absolute Gasteiger partial charge is 0.0620 e. The maximum absolute atomic E-state index is 3.83. The van der Waals surface area contributed by atoms with Crippen molar-refractivity contribution in [3.05, 3.63) is 193 Å². The Balaban J connectivity index is 1.39. The number of aromatic nitrogens is 2. The fourth-order valence-electron chi connectivity index (χ4n) is 7.96. The number of fused-ring (bicyclic) bond motifs is 6. The fraction of sp³-hybridized carbons (Fsp3) is 0. The highest BCUT2D eigenvalue weighted by Crippen LogP contribution is 2.45. The molecule has 3 heteroatoms. The maximum atomic E-state index is 3.83. The van der Waals surface area contributed by atoms with Gasteiger partial charge in [0.1, 0.15) is 0 Å². The Bertz CT molecular complexity index is 2820. The van der Waals surface area contributed by atoms with Crippen molar-refractivity contribution >= 4 is 59.5 Å². The van der Waals surface area contributed by atoms with Crippen LogP contribution >= 0.6 is 15.9 Å². The van der Waals surface area contributed by atoms with Crippen LogP contribution in [0.4, 0.5) is 0 Å². The van der Waals surface area contributed by atoms with Crippen LogP contribution in [0, 0.1) is 0 Å². The Morgan fingerprint density at radius 3 is 1.27 bits per heavy atom. The molecule has 0 atom stereocenters. The van der Waals surface area contributed by atoms with Gasteiger partial charge in [0.2, 0.25) is 0 Å². The third-order valence-corrected chi connectivity index (χ3v) is 10.9. The van der Waals surface area contributed by atoms with E-state index >= 15 is 0 Å². The van der Waals surface area contributed by atoms with Crippen LogP contribution in [0.1, 0.15) is 0 Å². The van der Waals surface area contributed by atoms with Crippen molar-refractivity contribution in [2.75, 3.05) is 0 Å². The number of para-hydroxylation sites is 4. The SMILES string of the molecule is Brc1ccccc1-c1cccc(-c2cc(-n3c4ccccc4c4ccccc43)cc(-c3ccccc3)c2-n2c3ccccc3c3ccccc32)c1. The summed E-state index contributed by atoms with van der Waals surface area (Å²) >= 11 is 3.83. The normalized spacial score (nSPS) is 11.6. The summed E-state index contributed by atoms with van der Waals surface area (Å²) in [5.74, 6) is 0. The van der Waals surface area contributed by atoms with Crippen LogP contribution in [-0.4, -0.2) is 9.13 Å². The molecule has 8 aromatic carbocycles. The van der Waals surface area contributed by atoms with Gasteiger partial charge < -0.3 is 9.13 Å². The Labute approximate surface area is 304 Å². The molecule has 0 fully saturated rings. The third kappa shape index (κ3) is 4.77. The van der Waals surface area contributed by atoms with Gasteiger partial charge in [-0.15, -0.1) is 0 Å². The zero-order valence-corrected chi connectivity index (χ0v) is 29.3. The molecule has 0 bridgehead atoms. The van der Waals surface area contributed by atoms with Crippen molar-refractivity contribution in [1.82, 2.24) is 9.13 Å². The van der Waals surface area contributed by atoms with Crippen LogP contribution in [-0.2, 0) is 0 Å². The molecule has 0 saturated carbocycles. The highest BCUT2D eigenvalue weighted by molar-refractivity contribution is 9.10. The second kappa shape index (κ2) is 12.0. The van der Waals surface area contributed by atoms with E-state index < -0.39 is 0 Å². The van der Waals surface area contributed by atoms with E-state index in [0.29, 0.717) is 0 Å². The van der Waals surface area contributed by atoms with Crippen molar-refractivity contribution in [2.24, 2.45) is 0 Å². The molecular weight excluding hydrogens is 684 g/mol. The van der Waals surface area contributed by atoms with Crippen molar-refractivity contribution in [3.8, 4) is 44.8 Å². The van der Waals surface area contributed by atoms with E-state index in [1.165, 1.54) is 60.3 Å². The first kappa shape index (κ1) is 29.7. The van der Waals surface area contributed by atoms with Crippen molar-refractivity contribution in [2.45, 2.75) is 0 Å². The van der Waals surface area contributed by atoms with Gasteiger partial charge in [0.25, 0.3) is 0 Å². The molecule has 51 heavy (non-hydrogen) atoms. The highest BCUT2D eigenvalue weighted by atomic mass is 79.9. The second-order valence-electron chi connectivity index (χ2n) is 13.1. The van der Waals surface area contributed by atoms with Crippen LogP contribution in [0.5, 0.6) is 0 Å². The highest BCUT2D eigenvalue weighted by Gasteiger charge is 2.23. The molecule has 0 saturated heterocycles. The lowest BCUT2D eigenvalue weighted by Crippen LogP contribution is -2.04. The topological polar surface area (TPSA) is 9.86 Å². The molecule has 0 amide bonds. The summed E-state index contributed by atoms with van der Waals surface area (Å²) < 4.78 is 6.01.